The van der Waals surface area contributed by atoms with E-state index in [2.05, 4.69) is 4.72 Å². The highest BCUT2D eigenvalue weighted by Gasteiger charge is 2.36. The molecule has 0 bridgehead atoms. The number of nitrogens with one attached hydrogen (secondary N) is 1. The molecular weight excluding hydrogens is 224 g/mol. The molecule has 5 heteroatoms. The number of rotatable bonds is 4. The minimum atomic E-state index is -3.13. The third-order valence-corrected chi connectivity index (χ3v) is 4.77. The van der Waals surface area contributed by atoms with Crippen molar-refractivity contribution in [2.75, 3.05) is 5.73 Å². The van der Waals surface area contributed by atoms with E-state index >= 15 is 0 Å². The molecule has 0 aromatic heterocycles. The highest BCUT2D eigenvalue weighted by atomic mass is 32.2. The van der Waals surface area contributed by atoms with Crippen LogP contribution in [0.25, 0.3) is 0 Å². The first-order valence-corrected chi connectivity index (χ1v) is 6.90. The molecule has 0 saturated heterocycles. The van der Waals surface area contributed by atoms with Crippen LogP contribution in [0.1, 0.15) is 31.4 Å². The van der Waals surface area contributed by atoms with Gasteiger partial charge in [0.2, 0.25) is 10.0 Å². The van der Waals surface area contributed by atoms with E-state index in [1.54, 1.807) is 12.1 Å². The van der Waals surface area contributed by atoms with Gasteiger partial charge in [-0.2, -0.15) is 0 Å². The van der Waals surface area contributed by atoms with Crippen molar-refractivity contribution < 1.29 is 8.42 Å². The van der Waals surface area contributed by atoms with E-state index in [0.717, 1.165) is 18.4 Å². The number of benzene rings is 1. The number of nitrogens with two attached hydrogens (primary N) is 1. The zero-order valence-corrected chi connectivity index (χ0v) is 10.00. The first-order valence-electron chi connectivity index (χ1n) is 5.35. The highest BCUT2D eigenvalue weighted by molar-refractivity contribution is 7.90. The Morgan fingerprint density at radius 1 is 1.31 bits per heavy atom. The fourth-order valence-electron chi connectivity index (χ4n) is 1.57. The topological polar surface area (TPSA) is 72.2 Å². The molecule has 1 aliphatic carbocycles. The summed E-state index contributed by atoms with van der Waals surface area (Å²) in [4.78, 5) is 0. The van der Waals surface area contributed by atoms with Gasteiger partial charge in [-0.3, -0.25) is 0 Å². The molecule has 0 amide bonds. The summed E-state index contributed by atoms with van der Waals surface area (Å²) in [6.45, 7) is 1.84. The van der Waals surface area contributed by atoms with Crippen LogP contribution in [0.15, 0.2) is 24.3 Å². The van der Waals surface area contributed by atoms with Crippen molar-refractivity contribution in [3.8, 4) is 0 Å². The summed E-state index contributed by atoms with van der Waals surface area (Å²) in [5.74, 6) is 0. The van der Waals surface area contributed by atoms with Gasteiger partial charge in [0.05, 0.1) is 5.25 Å². The predicted molar refractivity (Wildman–Crippen MR) is 64.3 cm³/mol. The standard InChI is InChI=1S/C11H16N2O2S/c1-8(9-2-4-10(12)5-3-9)13-16(14,15)11-6-7-11/h2-5,8,11,13H,6-7,12H2,1H3. The van der Waals surface area contributed by atoms with E-state index in [1.807, 2.05) is 19.1 Å². The molecule has 1 aromatic rings. The molecule has 4 nitrogen and oxygen atoms in total. The van der Waals surface area contributed by atoms with Gasteiger partial charge in [0.1, 0.15) is 0 Å². The first kappa shape index (κ1) is 11.4. The maximum absolute atomic E-state index is 11.7. The van der Waals surface area contributed by atoms with Crippen molar-refractivity contribution >= 4 is 15.7 Å². The van der Waals surface area contributed by atoms with Crippen LogP contribution in [0, 0.1) is 0 Å². The molecule has 1 atom stereocenters. The summed E-state index contributed by atoms with van der Waals surface area (Å²) in [5.41, 5.74) is 7.18. The molecule has 1 fully saturated rings. The first-order chi connectivity index (χ1) is 7.49. The fourth-order valence-corrected chi connectivity index (χ4v) is 3.15. The van der Waals surface area contributed by atoms with Crippen molar-refractivity contribution in [1.29, 1.82) is 0 Å². The Bertz CT molecular complexity index is 463. The maximum atomic E-state index is 11.7. The lowest BCUT2D eigenvalue weighted by Crippen LogP contribution is -2.29. The van der Waals surface area contributed by atoms with Crippen LogP contribution in [-0.2, 0) is 10.0 Å². The maximum Gasteiger partial charge on any atom is 0.215 e. The summed E-state index contributed by atoms with van der Waals surface area (Å²) in [6.07, 6.45) is 1.56. The summed E-state index contributed by atoms with van der Waals surface area (Å²) in [5, 5.41) is -0.177. The monoisotopic (exact) mass is 240 g/mol. The number of anilines is 1. The number of hydrogen-bond acceptors (Lipinski definition) is 3. The Balaban J connectivity index is 2.08. The normalized spacial score (nSPS) is 18.3. The van der Waals surface area contributed by atoms with Crippen LogP contribution in [-0.4, -0.2) is 13.7 Å². The second-order valence-electron chi connectivity index (χ2n) is 4.25. The molecule has 88 valence electrons. The van der Waals surface area contributed by atoms with Crippen molar-refractivity contribution in [3.63, 3.8) is 0 Å². The van der Waals surface area contributed by atoms with E-state index in [-0.39, 0.29) is 11.3 Å². The highest BCUT2D eigenvalue weighted by Crippen LogP contribution is 2.29. The Kier molecular flexibility index (Phi) is 2.90. The number of hydrogen-bond donors (Lipinski definition) is 2. The number of sulfonamides is 1. The molecule has 0 heterocycles. The quantitative estimate of drug-likeness (QED) is 0.782. The Morgan fingerprint density at radius 3 is 2.38 bits per heavy atom. The summed E-state index contributed by atoms with van der Waals surface area (Å²) in [7, 11) is -3.13. The minimum absolute atomic E-state index is 0.177. The molecule has 16 heavy (non-hydrogen) atoms. The molecule has 0 spiro atoms. The molecule has 1 unspecified atom stereocenters. The van der Waals surface area contributed by atoms with Crippen LogP contribution in [0.3, 0.4) is 0 Å². The van der Waals surface area contributed by atoms with Gasteiger partial charge in [0.25, 0.3) is 0 Å². The zero-order valence-electron chi connectivity index (χ0n) is 9.18. The van der Waals surface area contributed by atoms with Crippen molar-refractivity contribution in [2.24, 2.45) is 0 Å². The van der Waals surface area contributed by atoms with Crippen LogP contribution >= 0.6 is 0 Å². The molecular formula is C11H16N2O2S. The van der Waals surface area contributed by atoms with Gasteiger partial charge in [-0.15, -0.1) is 0 Å². The van der Waals surface area contributed by atoms with Gasteiger partial charge in [-0.25, -0.2) is 13.1 Å². The molecule has 0 aliphatic heterocycles. The lowest BCUT2D eigenvalue weighted by molar-refractivity contribution is 0.565. The van der Waals surface area contributed by atoms with E-state index < -0.39 is 10.0 Å². The lowest BCUT2D eigenvalue weighted by atomic mass is 10.1. The van der Waals surface area contributed by atoms with E-state index in [0.29, 0.717) is 5.69 Å². The average Bonchev–Trinajstić information content (AvgIpc) is 3.01. The zero-order chi connectivity index (χ0) is 11.8. The largest absolute Gasteiger partial charge is 0.399 e. The second-order valence-corrected chi connectivity index (χ2v) is 6.24. The molecule has 1 aromatic carbocycles. The molecule has 1 saturated carbocycles. The Hall–Kier alpha value is -1.07. The summed E-state index contributed by atoms with van der Waals surface area (Å²) >= 11 is 0. The van der Waals surface area contributed by atoms with E-state index in [9.17, 15) is 8.42 Å². The third-order valence-electron chi connectivity index (χ3n) is 2.74. The van der Waals surface area contributed by atoms with Crippen LogP contribution < -0.4 is 10.5 Å². The van der Waals surface area contributed by atoms with Gasteiger partial charge < -0.3 is 5.73 Å². The van der Waals surface area contributed by atoms with Gasteiger partial charge in [0, 0.05) is 11.7 Å². The van der Waals surface area contributed by atoms with Crippen molar-refractivity contribution in [3.05, 3.63) is 29.8 Å². The van der Waals surface area contributed by atoms with Gasteiger partial charge >= 0.3 is 0 Å². The molecule has 3 N–H and O–H groups in total. The smallest absolute Gasteiger partial charge is 0.215 e. The predicted octanol–water partition coefficient (Wildman–Crippen LogP) is 1.41. The van der Waals surface area contributed by atoms with Crippen LogP contribution in [0.5, 0.6) is 0 Å². The van der Waals surface area contributed by atoms with Gasteiger partial charge in [0.15, 0.2) is 0 Å². The van der Waals surface area contributed by atoms with Crippen molar-refractivity contribution in [1.82, 2.24) is 4.72 Å². The van der Waals surface area contributed by atoms with E-state index in [4.69, 9.17) is 5.73 Å². The minimum Gasteiger partial charge on any atom is -0.399 e. The van der Waals surface area contributed by atoms with Crippen molar-refractivity contribution in [2.45, 2.75) is 31.1 Å². The van der Waals surface area contributed by atoms with E-state index in [1.165, 1.54) is 0 Å². The third kappa shape index (κ3) is 2.54. The second kappa shape index (κ2) is 4.07. The number of nitrogen functional groups attached to an aromatic ring is 1. The van der Waals surface area contributed by atoms with Gasteiger partial charge in [-0.05, 0) is 37.5 Å². The Labute approximate surface area is 95.9 Å². The van der Waals surface area contributed by atoms with Gasteiger partial charge in [-0.1, -0.05) is 12.1 Å². The summed E-state index contributed by atoms with van der Waals surface area (Å²) in [6, 6.07) is 7.03. The average molecular weight is 240 g/mol. The van der Waals surface area contributed by atoms with Crippen LogP contribution in [0.4, 0.5) is 5.69 Å². The molecule has 1 aliphatic rings. The molecule has 2 rings (SSSR count). The molecule has 0 radical (unpaired) electrons. The Morgan fingerprint density at radius 2 is 1.88 bits per heavy atom. The van der Waals surface area contributed by atoms with Crippen LogP contribution in [0.2, 0.25) is 0 Å². The SMILES string of the molecule is CC(NS(=O)(=O)C1CC1)c1ccc(N)cc1. The summed E-state index contributed by atoms with van der Waals surface area (Å²) < 4.78 is 26.1. The lowest BCUT2D eigenvalue weighted by Gasteiger charge is -2.14. The fraction of sp³-hybridized carbons (Fsp3) is 0.455.